The Bertz CT molecular complexity index is 1280. The van der Waals surface area contributed by atoms with Gasteiger partial charge in [-0.05, 0) is 54.4 Å². The molecule has 0 saturated carbocycles. The predicted octanol–water partition coefficient (Wildman–Crippen LogP) is 2.78. The van der Waals surface area contributed by atoms with Gasteiger partial charge in [-0.2, -0.15) is 5.26 Å². The number of nitriles is 1. The molecule has 0 atom stereocenters. The molecule has 0 unspecified atom stereocenters. The molecule has 0 fully saturated rings. The van der Waals surface area contributed by atoms with Crippen molar-refractivity contribution in [3.05, 3.63) is 77.4 Å². The molecular weight excluding hydrogens is 382 g/mol. The van der Waals surface area contributed by atoms with Crippen LogP contribution in [0.2, 0.25) is 0 Å². The Hall–Kier alpha value is -4.22. The van der Waals surface area contributed by atoms with Gasteiger partial charge in [0.05, 0.1) is 5.56 Å². The topological polar surface area (TPSA) is 124 Å². The lowest BCUT2D eigenvalue weighted by Crippen LogP contribution is -2.11. The van der Waals surface area contributed by atoms with Crippen molar-refractivity contribution >= 4 is 22.6 Å². The van der Waals surface area contributed by atoms with Gasteiger partial charge < -0.3 is 15.5 Å². The highest BCUT2D eigenvalue weighted by Gasteiger charge is 2.16. The maximum absolute atomic E-state index is 12.5. The zero-order chi connectivity index (χ0) is 21.1. The van der Waals surface area contributed by atoms with E-state index in [0.29, 0.717) is 34.3 Å². The monoisotopic (exact) mass is 399 g/mol. The lowest BCUT2D eigenvalue weighted by Gasteiger charge is -2.08. The van der Waals surface area contributed by atoms with E-state index in [1.54, 1.807) is 36.4 Å². The Kier molecular flexibility index (Phi) is 5.11. The van der Waals surface area contributed by atoms with Gasteiger partial charge in [0, 0.05) is 17.9 Å². The van der Waals surface area contributed by atoms with Gasteiger partial charge in [0.2, 0.25) is 0 Å². The van der Waals surface area contributed by atoms with Gasteiger partial charge in [-0.3, -0.25) is 4.79 Å². The van der Waals surface area contributed by atoms with Crippen LogP contribution >= 0.6 is 0 Å². The van der Waals surface area contributed by atoms with Crippen molar-refractivity contribution in [3.8, 4) is 17.5 Å². The fourth-order valence-electron chi connectivity index (χ4n) is 3.08. The molecule has 0 aliphatic carbocycles. The standard InChI is InChI=1S/C22H17N5O3/c23-13-16-10-14(8-9-28)11-20(21(16)29)27-25-18-7-6-15(12-19(18)26-27)22(30)24-17-4-2-1-3-5-17/h1-7,10-12,28-29H,8-9H2,(H,24,30). The zero-order valence-electron chi connectivity index (χ0n) is 15.8. The second-order valence-electron chi connectivity index (χ2n) is 6.61. The molecule has 0 aliphatic heterocycles. The fourth-order valence-corrected chi connectivity index (χ4v) is 3.08. The molecule has 3 aromatic carbocycles. The molecule has 30 heavy (non-hydrogen) atoms. The van der Waals surface area contributed by atoms with Crippen molar-refractivity contribution in [1.29, 1.82) is 5.26 Å². The molecule has 8 heteroatoms. The minimum Gasteiger partial charge on any atom is -0.504 e. The van der Waals surface area contributed by atoms with Crippen molar-refractivity contribution < 1.29 is 15.0 Å². The van der Waals surface area contributed by atoms with Crippen LogP contribution in [0.25, 0.3) is 16.7 Å². The first kappa shape index (κ1) is 19.1. The first-order chi connectivity index (χ1) is 14.6. The summed E-state index contributed by atoms with van der Waals surface area (Å²) in [7, 11) is 0. The van der Waals surface area contributed by atoms with Gasteiger partial charge in [-0.25, -0.2) is 0 Å². The summed E-state index contributed by atoms with van der Waals surface area (Å²) in [5.74, 6) is -0.529. The first-order valence-corrected chi connectivity index (χ1v) is 9.20. The van der Waals surface area contributed by atoms with Crippen molar-refractivity contribution in [2.75, 3.05) is 11.9 Å². The number of nitrogens with one attached hydrogen (secondary N) is 1. The number of fused-ring (bicyclic) bond motifs is 1. The Labute approximate surface area is 171 Å². The number of nitrogens with zero attached hydrogens (tertiary/aromatic N) is 4. The van der Waals surface area contributed by atoms with Crippen molar-refractivity contribution in [2.24, 2.45) is 0 Å². The SMILES string of the molecule is N#Cc1cc(CCO)cc(-n2nc3ccc(C(=O)Nc4ccccc4)cc3n2)c1O. The third kappa shape index (κ3) is 3.70. The summed E-state index contributed by atoms with van der Waals surface area (Å²) in [5, 5.41) is 40.4. The highest BCUT2D eigenvalue weighted by Crippen LogP contribution is 2.28. The van der Waals surface area contributed by atoms with Gasteiger partial charge in [-0.15, -0.1) is 15.0 Å². The Morgan fingerprint density at radius 3 is 2.57 bits per heavy atom. The molecule has 3 N–H and O–H groups in total. The molecule has 1 aromatic heterocycles. The van der Waals surface area contributed by atoms with E-state index >= 15 is 0 Å². The van der Waals surface area contributed by atoms with Crippen molar-refractivity contribution in [2.45, 2.75) is 6.42 Å². The van der Waals surface area contributed by atoms with E-state index in [9.17, 15) is 20.3 Å². The number of hydrogen-bond acceptors (Lipinski definition) is 6. The number of phenols is 1. The van der Waals surface area contributed by atoms with Crippen LogP contribution in [0.3, 0.4) is 0 Å². The van der Waals surface area contributed by atoms with Gasteiger partial charge in [-0.1, -0.05) is 18.2 Å². The number of anilines is 1. The number of aliphatic hydroxyl groups is 1. The number of phenolic OH excluding ortho intramolecular Hbond substituents is 1. The van der Waals surface area contributed by atoms with Gasteiger partial charge in [0.25, 0.3) is 5.91 Å². The number of amides is 1. The lowest BCUT2D eigenvalue weighted by molar-refractivity contribution is 0.102. The van der Waals surface area contributed by atoms with Crippen LogP contribution in [0.4, 0.5) is 5.69 Å². The molecule has 0 radical (unpaired) electrons. The van der Waals surface area contributed by atoms with Crippen LogP contribution < -0.4 is 5.32 Å². The van der Waals surface area contributed by atoms with Gasteiger partial charge in [0.1, 0.15) is 22.8 Å². The van der Waals surface area contributed by atoms with Crippen LogP contribution in [-0.4, -0.2) is 37.7 Å². The summed E-state index contributed by atoms with van der Waals surface area (Å²) < 4.78 is 0. The smallest absolute Gasteiger partial charge is 0.255 e. The molecule has 8 nitrogen and oxygen atoms in total. The molecule has 0 spiro atoms. The van der Waals surface area contributed by atoms with Crippen LogP contribution in [0, 0.1) is 11.3 Å². The quantitative estimate of drug-likeness (QED) is 0.474. The summed E-state index contributed by atoms with van der Waals surface area (Å²) in [6.07, 6.45) is 0.326. The maximum Gasteiger partial charge on any atom is 0.255 e. The largest absolute Gasteiger partial charge is 0.504 e. The van der Waals surface area contributed by atoms with E-state index in [1.165, 1.54) is 10.9 Å². The minimum atomic E-state index is -0.280. The van der Waals surface area contributed by atoms with E-state index < -0.39 is 0 Å². The molecule has 0 aliphatic rings. The van der Waals surface area contributed by atoms with Crippen LogP contribution in [0.15, 0.2) is 60.7 Å². The molecule has 4 aromatic rings. The molecule has 0 bridgehead atoms. The van der Waals surface area contributed by atoms with E-state index in [0.717, 1.165) is 0 Å². The molecule has 1 amide bonds. The molecule has 148 valence electrons. The number of aliphatic hydroxyl groups excluding tert-OH is 1. The third-order valence-electron chi connectivity index (χ3n) is 4.56. The average Bonchev–Trinajstić information content (AvgIpc) is 3.18. The van der Waals surface area contributed by atoms with E-state index in [2.05, 4.69) is 15.5 Å². The summed E-state index contributed by atoms with van der Waals surface area (Å²) in [4.78, 5) is 13.7. The van der Waals surface area contributed by atoms with Crippen molar-refractivity contribution in [1.82, 2.24) is 15.0 Å². The highest BCUT2D eigenvalue weighted by molar-refractivity contribution is 6.05. The second-order valence-corrected chi connectivity index (χ2v) is 6.61. The molecule has 0 saturated heterocycles. The summed E-state index contributed by atoms with van der Waals surface area (Å²) in [6.45, 7) is -0.0938. The average molecular weight is 399 g/mol. The number of aromatic hydroxyl groups is 1. The lowest BCUT2D eigenvalue weighted by atomic mass is 10.1. The number of hydrogen-bond donors (Lipinski definition) is 3. The second kappa shape index (κ2) is 8.03. The maximum atomic E-state index is 12.5. The summed E-state index contributed by atoms with van der Waals surface area (Å²) in [6, 6.07) is 19.1. The third-order valence-corrected chi connectivity index (χ3v) is 4.56. The van der Waals surface area contributed by atoms with E-state index in [1.807, 2.05) is 24.3 Å². The normalized spacial score (nSPS) is 10.7. The highest BCUT2D eigenvalue weighted by atomic mass is 16.3. The summed E-state index contributed by atoms with van der Waals surface area (Å²) >= 11 is 0. The van der Waals surface area contributed by atoms with E-state index in [4.69, 9.17) is 0 Å². The van der Waals surface area contributed by atoms with E-state index in [-0.39, 0.29) is 29.5 Å². The first-order valence-electron chi connectivity index (χ1n) is 9.20. The minimum absolute atomic E-state index is 0.0697. The van der Waals surface area contributed by atoms with Crippen LogP contribution in [0.1, 0.15) is 21.5 Å². The van der Waals surface area contributed by atoms with Crippen molar-refractivity contribution in [3.63, 3.8) is 0 Å². The van der Waals surface area contributed by atoms with Gasteiger partial charge in [0.15, 0.2) is 5.75 Å². The molecule has 1 heterocycles. The number of aromatic nitrogens is 3. The fraction of sp³-hybridized carbons (Fsp3) is 0.0909. The Morgan fingerprint density at radius 2 is 1.83 bits per heavy atom. The van der Waals surface area contributed by atoms with Crippen LogP contribution in [0.5, 0.6) is 5.75 Å². The number of carbonyl (C=O) groups is 1. The van der Waals surface area contributed by atoms with Crippen LogP contribution in [-0.2, 0) is 6.42 Å². The number of para-hydroxylation sites is 1. The number of rotatable bonds is 5. The molecule has 4 rings (SSSR count). The predicted molar refractivity (Wildman–Crippen MR) is 110 cm³/mol. The Morgan fingerprint density at radius 1 is 1.07 bits per heavy atom. The van der Waals surface area contributed by atoms with Gasteiger partial charge >= 0.3 is 0 Å². The Balaban J connectivity index is 1.70. The number of carbonyl (C=O) groups excluding carboxylic acids is 1. The summed E-state index contributed by atoms with van der Waals surface area (Å²) in [5.41, 5.74) is 3.04. The molecular formula is C22H17N5O3. The number of benzene rings is 3. The zero-order valence-corrected chi connectivity index (χ0v) is 15.8.